The van der Waals surface area contributed by atoms with E-state index in [1.807, 2.05) is 18.2 Å². The first-order valence-electron chi connectivity index (χ1n) is 9.50. The van der Waals surface area contributed by atoms with Crippen molar-refractivity contribution in [1.82, 2.24) is 14.2 Å². The quantitative estimate of drug-likeness (QED) is 0.534. The Balaban J connectivity index is 0.00000272. The monoisotopic (exact) mass is 477 g/mol. The summed E-state index contributed by atoms with van der Waals surface area (Å²) >= 11 is 6.00. The highest BCUT2D eigenvalue weighted by Gasteiger charge is 2.29. The minimum absolute atomic E-state index is 0. The van der Waals surface area contributed by atoms with Crippen LogP contribution in [0, 0.1) is 0 Å². The van der Waals surface area contributed by atoms with Crippen LogP contribution in [0.4, 0.5) is 0 Å². The largest absolute Gasteiger partial charge is 0.337 e. The molecule has 0 atom stereocenters. The standard InChI is InChI=1S/C22H20ClN3O3S.ClH/c23-20-4-2-19-16-21(5-3-18(19)15-20)30(28,29)26-13-11-25(12-14-26)22(27)6-1-17-7-9-24-10-8-17;/h1-10,15-16H,11-14H2;1H. The number of aromatic nitrogens is 1. The fourth-order valence-electron chi connectivity index (χ4n) is 3.40. The smallest absolute Gasteiger partial charge is 0.246 e. The lowest BCUT2D eigenvalue weighted by Gasteiger charge is -2.33. The summed E-state index contributed by atoms with van der Waals surface area (Å²) in [5.41, 5.74) is 0.886. The average molecular weight is 478 g/mol. The molecule has 1 aliphatic rings. The van der Waals surface area contributed by atoms with Crippen molar-refractivity contribution in [3.63, 3.8) is 0 Å². The molecule has 6 nitrogen and oxygen atoms in total. The number of carbonyl (C=O) groups excluding carboxylic acids is 1. The van der Waals surface area contributed by atoms with Crippen LogP contribution in [0.1, 0.15) is 5.56 Å². The summed E-state index contributed by atoms with van der Waals surface area (Å²) in [4.78, 5) is 18.3. The molecule has 1 amide bonds. The number of fused-ring (bicyclic) bond motifs is 1. The Morgan fingerprint density at radius 1 is 0.935 bits per heavy atom. The number of rotatable bonds is 4. The maximum atomic E-state index is 13.1. The number of carbonyl (C=O) groups is 1. The van der Waals surface area contributed by atoms with Gasteiger partial charge in [0, 0.05) is 49.7 Å². The van der Waals surface area contributed by atoms with Gasteiger partial charge in [-0.25, -0.2) is 8.42 Å². The van der Waals surface area contributed by atoms with Crippen molar-refractivity contribution in [2.75, 3.05) is 26.2 Å². The summed E-state index contributed by atoms with van der Waals surface area (Å²) in [5, 5.41) is 2.31. The van der Waals surface area contributed by atoms with Crippen molar-refractivity contribution in [1.29, 1.82) is 0 Å². The maximum absolute atomic E-state index is 13.1. The Morgan fingerprint density at radius 2 is 1.58 bits per heavy atom. The van der Waals surface area contributed by atoms with Crippen molar-refractivity contribution in [3.8, 4) is 0 Å². The number of pyridine rings is 1. The number of piperazine rings is 1. The molecule has 2 heterocycles. The third kappa shape index (κ3) is 5.25. The van der Waals surface area contributed by atoms with Gasteiger partial charge in [0.15, 0.2) is 0 Å². The number of sulfonamides is 1. The molecule has 0 unspecified atom stereocenters. The highest BCUT2D eigenvalue weighted by Crippen LogP contribution is 2.25. The molecule has 1 fully saturated rings. The Bertz CT molecular complexity index is 1210. The van der Waals surface area contributed by atoms with E-state index in [-0.39, 0.29) is 36.3 Å². The van der Waals surface area contributed by atoms with Gasteiger partial charge in [-0.1, -0.05) is 23.7 Å². The van der Waals surface area contributed by atoms with Crippen LogP contribution >= 0.6 is 24.0 Å². The van der Waals surface area contributed by atoms with Crippen molar-refractivity contribution in [2.24, 2.45) is 0 Å². The van der Waals surface area contributed by atoms with E-state index in [4.69, 9.17) is 11.6 Å². The molecule has 0 saturated carbocycles. The van der Waals surface area contributed by atoms with E-state index in [0.29, 0.717) is 18.1 Å². The van der Waals surface area contributed by atoms with E-state index in [1.165, 1.54) is 10.4 Å². The number of benzene rings is 2. The molecule has 1 aromatic heterocycles. The van der Waals surface area contributed by atoms with Gasteiger partial charge in [-0.15, -0.1) is 12.4 Å². The summed E-state index contributed by atoms with van der Waals surface area (Å²) in [6.45, 7) is 1.22. The molecule has 3 aromatic rings. The highest BCUT2D eigenvalue weighted by molar-refractivity contribution is 7.89. The zero-order valence-electron chi connectivity index (χ0n) is 16.5. The van der Waals surface area contributed by atoms with E-state index in [0.717, 1.165) is 16.3 Å². The maximum Gasteiger partial charge on any atom is 0.246 e. The second kappa shape index (κ2) is 9.78. The van der Waals surface area contributed by atoms with Crippen molar-refractivity contribution in [3.05, 3.63) is 77.6 Å². The highest BCUT2D eigenvalue weighted by atomic mass is 35.5. The molecule has 2 aromatic carbocycles. The fourth-order valence-corrected chi connectivity index (χ4v) is 5.04. The molecule has 0 aliphatic carbocycles. The Hall–Kier alpha value is -2.45. The number of hydrogen-bond acceptors (Lipinski definition) is 4. The van der Waals surface area contributed by atoms with Gasteiger partial charge in [-0.2, -0.15) is 4.31 Å². The summed E-state index contributed by atoms with van der Waals surface area (Å²) in [6.07, 6.45) is 6.56. The molecular weight excluding hydrogens is 457 g/mol. The van der Waals surface area contributed by atoms with Crippen molar-refractivity contribution >= 4 is 56.8 Å². The van der Waals surface area contributed by atoms with Gasteiger partial charge < -0.3 is 4.90 Å². The average Bonchev–Trinajstić information content (AvgIpc) is 2.77. The fraction of sp³-hybridized carbons (Fsp3) is 0.182. The first kappa shape index (κ1) is 23.2. The second-order valence-corrected chi connectivity index (χ2v) is 9.37. The Kier molecular flexibility index (Phi) is 7.33. The van der Waals surface area contributed by atoms with Crippen molar-refractivity contribution < 1.29 is 13.2 Å². The van der Waals surface area contributed by atoms with E-state index in [1.54, 1.807) is 53.7 Å². The SMILES string of the molecule is Cl.O=C(C=Cc1ccncc1)N1CCN(S(=O)(=O)c2ccc3cc(Cl)ccc3c2)CC1. The van der Waals surface area contributed by atoms with Gasteiger partial charge >= 0.3 is 0 Å². The Labute approximate surface area is 192 Å². The third-order valence-corrected chi connectivity index (χ3v) is 7.22. The van der Waals surface area contributed by atoms with E-state index >= 15 is 0 Å². The van der Waals surface area contributed by atoms with Crippen LogP contribution in [0.2, 0.25) is 5.02 Å². The van der Waals surface area contributed by atoms with E-state index < -0.39 is 10.0 Å². The van der Waals surface area contributed by atoms with Gasteiger partial charge in [0.1, 0.15) is 0 Å². The summed E-state index contributed by atoms with van der Waals surface area (Å²) in [5.74, 6) is -0.133. The predicted molar refractivity (Wildman–Crippen MR) is 125 cm³/mol. The molecule has 162 valence electrons. The van der Waals surface area contributed by atoms with Crippen LogP contribution in [0.3, 0.4) is 0 Å². The molecule has 0 bridgehead atoms. The molecule has 1 saturated heterocycles. The minimum Gasteiger partial charge on any atom is -0.337 e. The predicted octanol–water partition coefficient (Wildman–Crippen LogP) is 3.86. The molecule has 4 rings (SSSR count). The number of hydrogen-bond donors (Lipinski definition) is 0. The number of nitrogens with zero attached hydrogens (tertiary/aromatic N) is 3. The summed E-state index contributed by atoms with van der Waals surface area (Å²) in [6, 6.07) is 14.0. The molecule has 31 heavy (non-hydrogen) atoms. The number of halogens is 2. The number of amides is 1. The first-order chi connectivity index (χ1) is 14.4. The normalized spacial score (nSPS) is 15.2. The lowest BCUT2D eigenvalue weighted by molar-refractivity contribution is -0.127. The van der Waals surface area contributed by atoms with Gasteiger partial charge in [0.25, 0.3) is 0 Å². The lowest BCUT2D eigenvalue weighted by atomic mass is 10.1. The van der Waals surface area contributed by atoms with Crippen LogP contribution in [-0.2, 0) is 14.8 Å². The second-order valence-electron chi connectivity index (χ2n) is 7.00. The molecule has 0 N–H and O–H groups in total. The van der Waals surface area contributed by atoms with Gasteiger partial charge in [0.05, 0.1) is 4.90 Å². The zero-order chi connectivity index (χ0) is 21.1. The van der Waals surface area contributed by atoms with Crippen LogP contribution < -0.4 is 0 Å². The van der Waals surface area contributed by atoms with Gasteiger partial charge in [-0.05, 0) is 58.8 Å². The molecule has 1 aliphatic heterocycles. The lowest BCUT2D eigenvalue weighted by Crippen LogP contribution is -2.50. The topological polar surface area (TPSA) is 70.6 Å². The Morgan fingerprint density at radius 3 is 2.29 bits per heavy atom. The minimum atomic E-state index is -3.63. The molecule has 9 heteroatoms. The van der Waals surface area contributed by atoms with Gasteiger partial charge in [0.2, 0.25) is 15.9 Å². The van der Waals surface area contributed by atoms with Gasteiger partial charge in [-0.3, -0.25) is 9.78 Å². The van der Waals surface area contributed by atoms with Crippen LogP contribution in [0.25, 0.3) is 16.8 Å². The summed E-state index contributed by atoms with van der Waals surface area (Å²) < 4.78 is 27.6. The first-order valence-corrected chi connectivity index (χ1v) is 11.3. The van der Waals surface area contributed by atoms with E-state index in [2.05, 4.69) is 4.98 Å². The van der Waals surface area contributed by atoms with Crippen LogP contribution in [0.15, 0.2) is 71.9 Å². The molecule has 0 spiro atoms. The van der Waals surface area contributed by atoms with Crippen molar-refractivity contribution in [2.45, 2.75) is 4.90 Å². The van der Waals surface area contributed by atoms with Crippen LogP contribution in [-0.4, -0.2) is 54.7 Å². The third-order valence-electron chi connectivity index (χ3n) is 5.09. The summed E-state index contributed by atoms with van der Waals surface area (Å²) in [7, 11) is -3.63. The van der Waals surface area contributed by atoms with E-state index in [9.17, 15) is 13.2 Å². The zero-order valence-corrected chi connectivity index (χ0v) is 18.9. The molecule has 0 radical (unpaired) electrons. The molecular formula is C22H21Cl2N3O3S. The van der Waals surface area contributed by atoms with Crippen LogP contribution in [0.5, 0.6) is 0 Å².